The van der Waals surface area contributed by atoms with Crippen LogP contribution in [0.1, 0.15) is 62.3 Å². The van der Waals surface area contributed by atoms with Gasteiger partial charge in [0.25, 0.3) is 0 Å². The lowest BCUT2D eigenvalue weighted by atomic mass is 10.0. The summed E-state index contributed by atoms with van der Waals surface area (Å²) in [6, 6.07) is 16.0. The molecule has 1 N–H and O–H groups in total. The van der Waals surface area contributed by atoms with Gasteiger partial charge in [-0.25, -0.2) is 0 Å². The minimum absolute atomic E-state index is 0.0102. The second-order valence-electron chi connectivity index (χ2n) is 7.94. The highest BCUT2D eigenvalue weighted by atomic mass is 16.2. The van der Waals surface area contributed by atoms with Gasteiger partial charge in [-0.1, -0.05) is 68.8 Å². The van der Waals surface area contributed by atoms with E-state index >= 15 is 0 Å². The van der Waals surface area contributed by atoms with E-state index < -0.39 is 6.04 Å². The van der Waals surface area contributed by atoms with Crippen molar-refractivity contribution in [2.24, 2.45) is 0 Å². The maximum absolute atomic E-state index is 13.2. The summed E-state index contributed by atoms with van der Waals surface area (Å²) in [7, 11) is 0. The standard InChI is InChI=1S/C26H36N2O2/c1-5-7-18-27-26(30)21(4)28(19-24-11-9-8-10-20(24)3)25(29)17-16-23-14-12-22(6-2)13-15-23/h8-15,21H,5-7,16-19H2,1-4H3,(H,27,30)/t21-/m1/s1. The summed E-state index contributed by atoms with van der Waals surface area (Å²) in [4.78, 5) is 27.6. The van der Waals surface area contributed by atoms with Gasteiger partial charge in [0.15, 0.2) is 0 Å². The number of carbonyl (C=O) groups excluding carboxylic acids is 2. The Labute approximate surface area is 181 Å². The molecule has 0 aromatic heterocycles. The third-order valence-corrected chi connectivity index (χ3v) is 5.66. The van der Waals surface area contributed by atoms with Crippen molar-refractivity contribution in [3.8, 4) is 0 Å². The lowest BCUT2D eigenvalue weighted by Crippen LogP contribution is -2.48. The fourth-order valence-electron chi connectivity index (χ4n) is 3.43. The molecule has 0 spiro atoms. The van der Waals surface area contributed by atoms with Crippen LogP contribution in [0.25, 0.3) is 0 Å². The van der Waals surface area contributed by atoms with Crippen LogP contribution in [0.5, 0.6) is 0 Å². The summed E-state index contributed by atoms with van der Waals surface area (Å²) in [5, 5.41) is 2.97. The van der Waals surface area contributed by atoms with E-state index in [1.54, 1.807) is 4.90 Å². The maximum Gasteiger partial charge on any atom is 0.242 e. The zero-order valence-corrected chi connectivity index (χ0v) is 18.9. The van der Waals surface area contributed by atoms with Gasteiger partial charge in [0.1, 0.15) is 6.04 Å². The molecule has 0 saturated carbocycles. The molecular weight excluding hydrogens is 372 g/mol. The van der Waals surface area contributed by atoms with Gasteiger partial charge >= 0.3 is 0 Å². The van der Waals surface area contributed by atoms with E-state index in [1.165, 1.54) is 5.56 Å². The first-order valence-electron chi connectivity index (χ1n) is 11.2. The number of hydrogen-bond acceptors (Lipinski definition) is 2. The van der Waals surface area contributed by atoms with Crippen molar-refractivity contribution >= 4 is 11.8 Å². The van der Waals surface area contributed by atoms with E-state index in [9.17, 15) is 9.59 Å². The Bertz CT molecular complexity index is 814. The number of rotatable bonds is 11. The van der Waals surface area contributed by atoms with Crippen molar-refractivity contribution in [1.82, 2.24) is 10.2 Å². The Morgan fingerprint density at radius 3 is 2.30 bits per heavy atom. The van der Waals surface area contributed by atoms with Crippen molar-refractivity contribution < 1.29 is 9.59 Å². The Morgan fingerprint density at radius 2 is 1.67 bits per heavy atom. The molecule has 0 bridgehead atoms. The predicted octanol–water partition coefficient (Wildman–Crippen LogP) is 4.82. The third-order valence-electron chi connectivity index (χ3n) is 5.66. The highest BCUT2D eigenvalue weighted by Gasteiger charge is 2.26. The number of carbonyl (C=O) groups is 2. The Morgan fingerprint density at radius 1 is 1.00 bits per heavy atom. The second kappa shape index (κ2) is 12.2. The summed E-state index contributed by atoms with van der Waals surface area (Å²) >= 11 is 0. The quantitative estimate of drug-likeness (QED) is 0.542. The lowest BCUT2D eigenvalue weighted by Gasteiger charge is -2.29. The molecular formula is C26H36N2O2. The van der Waals surface area contributed by atoms with E-state index in [1.807, 2.05) is 38.1 Å². The topological polar surface area (TPSA) is 49.4 Å². The fraction of sp³-hybridized carbons (Fsp3) is 0.462. The van der Waals surface area contributed by atoms with Crippen LogP contribution in [0.2, 0.25) is 0 Å². The highest BCUT2D eigenvalue weighted by Crippen LogP contribution is 2.16. The average molecular weight is 409 g/mol. The molecule has 0 aliphatic rings. The molecule has 2 rings (SSSR count). The molecule has 30 heavy (non-hydrogen) atoms. The van der Waals surface area contributed by atoms with E-state index in [0.717, 1.165) is 36.0 Å². The summed E-state index contributed by atoms with van der Waals surface area (Å²) in [5.74, 6) is -0.0753. The molecule has 162 valence electrons. The van der Waals surface area contributed by atoms with Crippen molar-refractivity contribution in [2.45, 2.75) is 72.4 Å². The normalized spacial score (nSPS) is 11.7. The first-order chi connectivity index (χ1) is 14.5. The van der Waals surface area contributed by atoms with Gasteiger partial charge in [-0.2, -0.15) is 0 Å². The number of amides is 2. The van der Waals surface area contributed by atoms with Gasteiger partial charge in [-0.3, -0.25) is 9.59 Å². The summed E-state index contributed by atoms with van der Waals surface area (Å²) in [5.41, 5.74) is 4.65. The monoisotopic (exact) mass is 408 g/mol. The first kappa shape index (κ1) is 23.7. The van der Waals surface area contributed by atoms with E-state index in [4.69, 9.17) is 0 Å². The number of benzene rings is 2. The van der Waals surface area contributed by atoms with Crippen LogP contribution >= 0.6 is 0 Å². The zero-order chi connectivity index (χ0) is 21.9. The molecule has 0 unspecified atom stereocenters. The largest absolute Gasteiger partial charge is 0.354 e. The minimum atomic E-state index is -0.503. The van der Waals surface area contributed by atoms with E-state index in [0.29, 0.717) is 25.9 Å². The van der Waals surface area contributed by atoms with Crippen molar-refractivity contribution in [1.29, 1.82) is 0 Å². The second-order valence-corrected chi connectivity index (χ2v) is 7.94. The van der Waals surface area contributed by atoms with Crippen LogP contribution in [0, 0.1) is 6.92 Å². The Kier molecular flexibility index (Phi) is 9.59. The van der Waals surface area contributed by atoms with Gasteiger partial charge < -0.3 is 10.2 Å². The molecule has 2 amide bonds. The molecule has 2 aromatic carbocycles. The van der Waals surface area contributed by atoms with Crippen molar-refractivity contribution in [3.63, 3.8) is 0 Å². The fourth-order valence-corrected chi connectivity index (χ4v) is 3.43. The van der Waals surface area contributed by atoms with Crippen LogP contribution in [-0.4, -0.2) is 29.3 Å². The molecule has 0 radical (unpaired) electrons. The van der Waals surface area contributed by atoms with Crippen molar-refractivity contribution in [3.05, 3.63) is 70.8 Å². The SMILES string of the molecule is CCCCNC(=O)[C@@H](C)N(Cc1ccccc1C)C(=O)CCc1ccc(CC)cc1. The highest BCUT2D eigenvalue weighted by molar-refractivity contribution is 5.87. The molecule has 0 aliphatic carbocycles. The van der Waals surface area contributed by atoms with Crippen LogP contribution in [0.3, 0.4) is 0 Å². The summed E-state index contributed by atoms with van der Waals surface area (Å²) in [6.07, 6.45) is 4.05. The van der Waals surface area contributed by atoms with Crippen LogP contribution in [0.4, 0.5) is 0 Å². The molecule has 0 heterocycles. The number of nitrogens with one attached hydrogen (secondary N) is 1. The Hall–Kier alpha value is -2.62. The average Bonchev–Trinajstić information content (AvgIpc) is 2.77. The lowest BCUT2D eigenvalue weighted by molar-refractivity contribution is -0.140. The molecule has 0 aliphatic heterocycles. The molecule has 2 aromatic rings. The number of unbranched alkanes of at least 4 members (excludes halogenated alkanes) is 1. The van der Waals surface area contributed by atoms with E-state index in [2.05, 4.69) is 43.4 Å². The van der Waals surface area contributed by atoms with Crippen LogP contribution in [-0.2, 0) is 29.0 Å². The van der Waals surface area contributed by atoms with Crippen LogP contribution in [0.15, 0.2) is 48.5 Å². The molecule has 4 nitrogen and oxygen atoms in total. The van der Waals surface area contributed by atoms with Gasteiger partial charge in [-0.15, -0.1) is 0 Å². The van der Waals surface area contributed by atoms with E-state index in [-0.39, 0.29) is 11.8 Å². The van der Waals surface area contributed by atoms with Crippen LogP contribution < -0.4 is 5.32 Å². The van der Waals surface area contributed by atoms with Gasteiger partial charge in [-0.05, 0) is 55.4 Å². The minimum Gasteiger partial charge on any atom is -0.354 e. The molecule has 0 fully saturated rings. The Balaban J connectivity index is 2.10. The van der Waals surface area contributed by atoms with Gasteiger partial charge in [0.2, 0.25) is 11.8 Å². The number of aryl methyl sites for hydroxylation is 3. The van der Waals surface area contributed by atoms with Crippen molar-refractivity contribution in [2.75, 3.05) is 6.54 Å². The maximum atomic E-state index is 13.2. The molecule has 1 atom stereocenters. The zero-order valence-electron chi connectivity index (χ0n) is 18.9. The first-order valence-corrected chi connectivity index (χ1v) is 11.2. The predicted molar refractivity (Wildman–Crippen MR) is 123 cm³/mol. The summed E-state index contributed by atoms with van der Waals surface area (Å²) < 4.78 is 0. The third kappa shape index (κ3) is 7.01. The summed E-state index contributed by atoms with van der Waals surface area (Å²) in [6.45, 7) is 9.19. The number of hydrogen-bond donors (Lipinski definition) is 1. The molecule has 0 saturated heterocycles. The van der Waals surface area contributed by atoms with Gasteiger partial charge in [0, 0.05) is 19.5 Å². The number of nitrogens with zero attached hydrogens (tertiary/aromatic N) is 1. The smallest absolute Gasteiger partial charge is 0.242 e. The van der Waals surface area contributed by atoms with Gasteiger partial charge in [0.05, 0.1) is 0 Å². The molecule has 4 heteroatoms.